The van der Waals surface area contributed by atoms with Crippen LogP contribution in [0.15, 0.2) is 54.6 Å². The third-order valence-corrected chi connectivity index (χ3v) is 5.42. The van der Waals surface area contributed by atoms with Gasteiger partial charge in [-0.3, -0.25) is 9.69 Å². The zero-order valence-corrected chi connectivity index (χ0v) is 20.3. The van der Waals surface area contributed by atoms with Crippen LogP contribution in [0.2, 0.25) is 0 Å². The number of phenolic OH excluding ortho intramolecular Hbond substituents is 1. The van der Waals surface area contributed by atoms with Crippen LogP contribution in [-0.2, 0) is 27.3 Å². The molecule has 188 valence electrons. The Balaban J connectivity index is 1.76. The van der Waals surface area contributed by atoms with Gasteiger partial charge in [0.2, 0.25) is 0 Å². The summed E-state index contributed by atoms with van der Waals surface area (Å²) in [5.41, 5.74) is 0.842. The average Bonchev–Trinajstić information content (AvgIpc) is 2.83. The highest BCUT2D eigenvalue weighted by Gasteiger charge is 2.38. The van der Waals surface area contributed by atoms with Crippen molar-refractivity contribution in [2.45, 2.75) is 51.5 Å². The largest absolute Gasteiger partial charge is 0.508 e. The van der Waals surface area contributed by atoms with E-state index in [-0.39, 0.29) is 31.1 Å². The van der Waals surface area contributed by atoms with Gasteiger partial charge in [-0.05, 0) is 50.5 Å². The first-order chi connectivity index (χ1) is 16.6. The Morgan fingerprint density at radius 2 is 1.77 bits per heavy atom. The molecule has 3 N–H and O–H groups in total. The van der Waals surface area contributed by atoms with E-state index in [0.29, 0.717) is 13.1 Å². The van der Waals surface area contributed by atoms with Crippen molar-refractivity contribution in [1.29, 1.82) is 0 Å². The molecule has 3 rings (SSSR count). The highest BCUT2D eigenvalue weighted by atomic mass is 16.6. The quantitative estimate of drug-likeness (QED) is 0.554. The highest BCUT2D eigenvalue weighted by Crippen LogP contribution is 2.17. The van der Waals surface area contributed by atoms with E-state index in [1.54, 1.807) is 32.9 Å². The predicted octanol–water partition coefficient (Wildman–Crippen LogP) is 3.01. The second-order valence-corrected chi connectivity index (χ2v) is 9.43. The van der Waals surface area contributed by atoms with Crippen LogP contribution in [0.25, 0.3) is 0 Å². The van der Waals surface area contributed by atoms with Crippen molar-refractivity contribution >= 4 is 18.0 Å². The number of phenols is 1. The molecule has 2 atom stereocenters. The van der Waals surface area contributed by atoms with Crippen molar-refractivity contribution in [1.82, 2.24) is 15.5 Å². The minimum Gasteiger partial charge on any atom is -0.508 e. The molecule has 0 bridgehead atoms. The summed E-state index contributed by atoms with van der Waals surface area (Å²) in [6.45, 7) is 6.42. The molecule has 35 heavy (non-hydrogen) atoms. The van der Waals surface area contributed by atoms with E-state index in [1.807, 2.05) is 30.3 Å². The fraction of sp³-hybridized carbons (Fsp3) is 0.423. The molecule has 1 aliphatic heterocycles. The molecule has 0 aromatic heterocycles. The summed E-state index contributed by atoms with van der Waals surface area (Å²) < 4.78 is 10.8. The number of nitrogens with zero attached hydrogens (tertiary/aromatic N) is 1. The first kappa shape index (κ1) is 26.0. The van der Waals surface area contributed by atoms with Crippen molar-refractivity contribution < 1.29 is 29.0 Å². The summed E-state index contributed by atoms with van der Waals surface area (Å²) in [5, 5.41) is 15.4. The first-order valence-electron chi connectivity index (χ1n) is 11.6. The number of alkyl carbamates (subject to hydrolysis) is 1. The van der Waals surface area contributed by atoms with Gasteiger partial charge in [0, 0.05) is 19.6 Å². The van der Waals surface area contributed by atoms with Gasteiger partial charge in [-0.15, -0.1) is 0 Å². The smallest absolute Gasteiger partial charge is 0.410 e. The summed E-state index contributed by atoms with van der Waals surface area (Å²) in [6.07, 6.45) is -1.15. The van der Waals surface area contributed by atoms with Crippen LogP contribution in [0.1, 0.15) is 31.9 Å². The molecule has 0 saturated carbocycles. The number of ketones is 1. The number of aromatic hydroxyl groups is 1. The molecule has 2 aromatic carbocycles. The maximum absolute atomic E-state index is 13.7. The number of rotatable bonds is 7. The van der Waals surface area contributed by atoms with Crippen molar-refractivity contribution in [2.75, 3.05) is 19.6 Å². The average molecular weight is 484 g/mol. The summed E-state index contributed by atoms with van der Waals surface area (Å²) >= 11 is 0. The standard InChI is InChI=1S/C26H33N3O6/c1-26(2,3)35-25(33)29-14-13-27-16-22(29)23(31)21(15-18-9-11-20(30)12-10-18)28-24(32)34-17-19-7-5-4-6-8-19/h4-12,21-22,27,30H,13-17H2,1-3H3,(H,28,32)/t21-,22?/m0/s1. The molecule has 0 radical (unpaired) electrons. The number of piperazine rings is 1. The minimum atomic E-state index is -0.961. The Hall–Kier alpha value is -3.59. The molecule has 2 aromatic rings. The van der Waals surface area contributed by atoms with Gasteiger partial charge in [-0.2, -0.15) is 0 Å². The number of carbonyl (C=O) groups is 3. The Labute approximate surface area is 205 Å². The number of amides is 2. The third kappa shape index (κ3) is 7.99. The fourth-order valence-electron chi connectivity index (χ4n) is 3.73. The summed E-state index contributed by atoms with van der Waals surface area (Å²) in [4.78, 5) is 40.5. The predicted molar refractivity (Wildman–Crippen MR) is 130 cm³/mol. The van der Waals surface area contributed by atoms with Crippen LogP contribution in [0.3, 0.4) is 0 Å². The summed E-state index contributed by atoms with van der Waals surface area (Å²) in [7, 11) is 0. The molecule has 1 heterocycles. The number of benzene rings is 2. The van der Waals surface area contributed by atoms with E-state index in [9.17, 15) is 19.5 Å². The first-order valence-corrected chi connectivity index (χ1v) is 11.6. The second kappa shape index (κ2) is 11.7. The third-order valence-electron chi connectivity index (χ3n) is 5.42. The van der Waals surface area contributed by atoms with E-state index in [0.717, 1.165) is 11.1 Å². The van der Waals surface area contributed by atoms with Crippen molar-refractivity contribution in [3.05, 3.63) is 65.7 Å². The maximum atomic E-state index is 13.7. The van der Waals surface area contributed by atoms with Crippen LogP contribution in [0.4, 0.5) is 9.59 Å². The van der Waals surface area contributed by atoms with Crippen LogP contribution >= 0.6 is 0 Å². The van der Waals surface area contributed by atoms with Gasteiger partial charge in [0.1, 0.15) is 24.0 Å². The van der Waals surface area contributed by atoms with Gasteiger partial charge in [0.05, 0.1) is 6.04 Å². The normalized spacial score (nSPS) is 16.8. The molecular weight excluding hydrogens is 450 g/mol. The Kier molecular flexibility index (Phi) is 8.70. The number of ether oxygens (including phenoxy) is 2. The van der Waals surface area contributed by atoms with Gasteiger partial charge < -0.3 is 25.2 Å². The zero-order chi connectivity index (χ0) is 25.4. The van der Waals surface area contributed by atoms with E-state index < -0.39 is 29.9 Å². The lowest BCUT2D eigenvalue weighted by atomic mass is 9.96. The lowest BCUT2D eigenvalue weighted by Gasteiger charge is -2.37. The molecule has 1 aliphatic rings. The van der Waals surface area contributed by atoms with E-state index in [2.05, 4.69) is 10.6 Å². The fourth-order valence-corrected chi connectivity index (χ4v) is 3.73. The van der Waals surface area contributed by atoms with Crippen molar-refractivity contribution in [3.63, 3.8) is 0 Å². The van der Waals surface area contributed by atoms with Crippen LogP contribution < -0.4 is 10.6 Å². The van der Waals surface area contributed by atoms with Gasteiger partial charge in [-0.1, -0.05) is 42.5 Å². The van der Waals surface area contributed by atoms with Gasteiger partial charge in [-0.25, -0.2) is 9.59 Å². The molecule has 9 heteroatoms. The number of Topliss-reactive ketones (excluding diaryl/α,β-unsaturated/α-hetero) is 1. The molecule has 1 unspecified atom stereocenters. The summed E-state index contributed by atoms with van der Waals surface area (Å²) in [5.74, 6) is -0.243. The number of nitrogens with one attached hydrogen (secondary N) is 2. The number of hydrogen-bond donors (Lipinski definition) is 3. The molecule has 9 nitrogen and oxygen atoms in total. The van der Waals surface area contributed by atoms with E-state index in [1.165, 1.54) is 17.0 Å². The van der Waals surface area contributed by atoms with E-state index >= 15 is 0 Å². The number of carbonyl (C=O) groups excluding carboxylic acids is 3. The monoisotopic (exact) mass is 483 g/mol. The van der Waals surface area contributed by atoms with Crippen LogP contribution in [0, 0.1) is 0 Å². The van der Waals surface area contributed by atoms with Gasteiger partial charge >= 0.3 is 12.2 Å². The van der Waals surface area contributed by atoms with E-state index in [4.69, 9.17) is 9.47 Å². The van der Waals surface area contributed by atoms with Crippen LogP contribution in [-0.4, -0.2) is 65.3 Å². The van der Waals surface area contributed by atoms with Gasteiger partial charge in [0.15, 0.2) is 5.78 Å². The second-order valence-electron chi connectivity index (χ2n) is 9.43. The molecular formula is C26H33N3O6. The SMILES string of the molecule is CC(C)(C)OC(=O)N1CCNCC1C(=O)[C@H](Cc1ccc(O)cc1)NC(=O)OCc1ccccc1. The molecule has 1 fully saturated rings. The topological polar surface area (TPSA) is 117 Å². The van der Waals surface area contributed by atoms with Gasteiger partial charge in [0.25, 0.3) is 0 Å². The molecule has 0 spiro atoms. The molecule has 1 saturated heterocycles. The highest BCUT2D eigenvalue weighted by molar-refractivity contribution is 5.94. The Morgan fingerprint density at radius 1 is 1.09 bits per heavy atom. The summed E-state index contributed by atoms with van der Waals surface area (Å²) in [6, 6.07) is 13.8. The Morgan fingerprint density at radius 3 is 2.43 bits per heavy atom. The van der Waals surface area contributed by atoms with Crippen LogP contribution in [0.5, 0.6) is 5.75 Å². The molecule has 2 amide bonds. The lowest BCUT2D eigenvalue weighted by molar-refractivity contribution is -0.126. The van der Waals surface area contributed by atoms with Crippen molar-refractivity contribution in [2.24, 2.45) is 0 Å². The lowest BCUT2D eigenvalue weighted by Crippen LogP contribution is -2.61. The maximum Gasteiger partial charge on any atom is 0.410 e. The Bertz CT molecular complexity index is 1000. The number of hydrogen-bond acceptors (Lipinski definition) is 7. The molecule has 0 aliphatic carbocycles. The minimum absolute atomic E-state index is 0.0574. The zero-order valence-electron chi connectivity index (χ0n) is 20.3. The van der Waals surface area contributed by atoms with Crippen molar-refractivity contribution in [3.8, 4) is 5.75 Å².